The summed E-state index contributed by atoms with van der Waals surface area (Å²) in [6.07, 6.45) is 10.3. The SMILES string of the molecule is CC(C)CCC(C)(C)CC1CCCC1. The van der Waals surface area contributed by atoms with Crippen molar-refractivity contribution in [1.82, 2.24) is 0 Å². The third kappa shape index (κ3) is 4.48. The van der Waals surface area contributed by atoms with Crippen molar-refractivity contribution >= 4 is 0 Å². The summed E-state index contributed by atoms with van der Waals surface area (Å²) in [5.41, 5.74) is 0.597. The van der Waals surface area contributed by atoms with Crippen LogP contribution >= 0.6 is 0 Å². The standard InChI is InChI=1S/C14H28/c1-12(2)9-10-14(3,4)11-13-7-5-6-8-13/h12-13H,5-11H2,1-4H3. The van der Waals surface area contributed by atoms with Gasteiger partial charge in [0.25, 0.3) is 0 Å². The Bertz CT molecular complexity index is 149. The molecule has 1 saturated carbocycles. The van der Waals surface area contributed by atoms with E-state index in [0.29, 0.717) is 5.41 Å². The van der Waals surface area contributed by atoms with Gasteiger partial charge in [-0.15, -0.1) is 0 Å². The van der Waals surface area contributed by atoms with Crippen LogP contribution in [0.1, 0.15) is 72.6 Å². The van der Waals surface area contributed by atoms with E-state index in [2.05, 4.69) is 27.7 Å². The zero-order valence-electron chi connectivity index (χ0n) is 10.6. The van der Waals surface area contributed by atoms with Crippen LogP contribution in [0.4, 0.5) is 0 Å². The fraction of sp³-hybridized carbons (Fsp3) is 1.00. The van der Waals surface area contributed by atoms with E-state index in [-0.39, 0.29) is 0 Å². The highest BCUT2D eigenvalue weighted by Crippen LogP contribution is 2.38. The van der Waals surface area contributed by atoms with Gasteiger partial charge in [0.2, 0.25) is 0 Å². The maximum Gasteiger partial charge on any atom is -0.0351 e. The van der Waals surface area contributed by atoms with Gasteiger partial charge in [0.15, 0.2) is 0 Å². The molecular formula is C14H28. The average molecular weight is 196 g/mol. The Balaban J connectivity index is 2.25. The fourth-order valence-corrected chi connectivity index (χ4v) is 2.78. The third-order valence-corrected chi connectivity index (χ3v) is 3.71. The fourth-order valence-electron chi connectivity index (χ4n) is 2.78. The van der Waals surface area contributed by atoms with Crippen molar-refractivity contribution in [2.45, 2.75) is 72.6 Å². The number of hydrogen-bond donors (Lipinski definition) is 0. The van der Waals surface area contributed by atoms with Gasteiger partial charge >= 0.3 is 0 Å². The van der Waals surface area contributed by atoms with Crippen molar-refractivity contribution in [3.8, 4) is 0 Å². The lowest BCUT2D eigenvalue weighted by Crippen LogP contribution is -2.16. The highest BCUT2D eigenvalue weighted by Gasteiger charge is 2.25. The van der Waals surface area contributed by atoms with Gasteiger partial charge in [0, 0.05) is 0 Å². The molecule has 0 unspecified atom stereocenters. The summed E-state index contributed by atoms with van der Waals surface area (Å²) in [6, 6.07) is 0. The van der Waals surface area contributed by atoms with E-state index < -0.39 is 0 Å². The molecule has 0 heterocycles. The molecule has 0 saturated heterocycles. The molecule has 14 heavy (non-hydrogen) atoms. The van der Waals surface area contributed by atoms with Gasteiger partial charge in [0.1, 0.15) is 0 Å². The average Bonchev–Trinajstić information content (AvgIpc) is 2.53. The summed E-state index contributed by atoms with van der Waals surface area (Å²) >= 11 is 0. The van der Waals surface area contributed by atoms with Gasteiger partial charge in [-0.2, -0.15) is 0 Å². The van der Waals surface area contributed by atoms with E-state index in [4.69, 9.17) is 0 Å². The molecule has 1 aliphatic carbocycles. The number of rotatable bonds is 5. The summed E-state index contributed by atoms with van der Waals surface area (Å²) in [7, 11) is 0. The van der Waals surface area contributed by atoms with Gasteiger partial charge in [-0.3, -0.25) is 0 Å². The molecule has 1 rings (SSSR count). The molecule has 0 atom stereocenters. The molecule has 0 bridgehead atoms. The monoisotopic (exact) mass is 196 g/mol. The topological polar surface area (TPSA) is 0 Å². The zero-order valence-corrected chi connectivity index (χ0v) is 10.6. The molecule has 0 nitrogen and oxygen atoms in total. The Hall–Kier alpha value is 0. The smallest absolute Gasteiger partial charge is 0.0351 e. The van der Waals surface area contributed by atoms with Crippen molar-refractivity contribution in [2.75, 3.05) is 0 Å². The second-order valence-corrected chi connectivity index (χ2v) is 6.45. The van der Waals surface area contributed by atoms with Crippen LogP contribution in [0.25, 0.3) is 0 Å². The lowest BCUT2D eigenvalue weighted by atomic mass is 9.77. The second kappa shape index (κ2) is 5.19. The van der Waals surface area contributed by atoms with Crippen molar-refractivity contribution in [2.24, 2.45) is 17.3 Å². The molecule has 0 aromatic heterocycles. The van der Waals surface area contributed by atoms with Crippen LogP contribution in [0.3, 0.4) is 0 Å². The zero-order chi connectivity index (χ0) is 10.6. The molecule has 0 radical (unpaired) electrons. The van der Waals surface area contributed by atoms with E-state index >= 15 is 0 Å². The molecule has 84 valence electrons. The molecule has 0 aromatic rings. The minimum Gasteiger partial charge on any atom is -0.0628 e. The minimum atomic E-state index is 0.597. The summed E-state index contributed by atoms with van der Waals surface area (Å²) in [5, 5.41) is 0. The van der Waals surface area contributed by atoms with Crippen LogP contribution in [-0.2, 0) is 0 Å². The molecule has 1 fully saturated rings. The molecule has 0 aliphatic heterocycles. The van der Waals surface area contributed by atoms with E-state index in [1.165, 1.54) is 44.9 Å². The molecule has 1 aliphatic rings. The maximum atomic E-state index is 2.47. The van der Waals surface area contributed by atoms with Crippen LogP contribution in [0.5, 0.6) is 0 Å². The van der Waals surface area contributed by atoms with Crippen molar-refractivity contribution in [1.29, 1.82) is 0 Å². The van der Waals surface area contributed by atoms with Gasteiger partial charge in [-0.1, -0.05) is 59.8 Å². The first-order valence-corrected chi connectivity index (χ1v) is 6.49. The first kappa shape index (κ1) is 12.1. The normalized spacial score (nSPS) is 19.5. The summed E-state index contributed by atoms with van der Waals surface area (Å²) < 4.78 is 0. The third-order valence-electron chi connectivity index (χ3n) is 3.71. The first-order chi connectivity index (χ1) is 6.49. The minimum absolute atomic E-state index is 0.597. The Morgan fingerprint density at radius 2 is 1.71 bits per heavy atom. The lowest BCUT2D eigenvalue weighted by molar-refractivity contribution is 0.233. The molecular weight excluding hydrogens is 168 g/mol. The Labute approximate surface area is 90.5 Å². The van der Waals surface area contributed by atoms with Gasteiger partial charge in [0.05, 0.1) is 0 Å². The van der Waals surface area contributed by atoms with Crippen molar-refractivity contribution < 1.29 is 0 Å². The Morgan fingerprint density at radius 3 is 2.21 bits per heavy atom. The van der Waals surface area contributed by atoms with Crippen molar-refractivity contribution in [3.63, 3.8) is 0 Å². The summed E-state index contributed by atoms with van der Waals surface area (Å²) in [6.45, 7) is 9.61. The quantitative estimate of drug-likeness (QED) is 0.578. The summed E-state index contributed by atoms with van der Waals surface area (Å²) in [4.78, 5) is 0. The van der Waals surface area contributed by atoms with Gasteiger partial charge in [-0.25, -0.2) is 0 Å². The van der Waals surface area contributed by atoms with Gasteiger partial charge in [-0.05, 0) is 30.1 Å². The van der Waals surface area contributed by atoms with Crippen LogP contribution in [0.15, 0.2) is 0 Å². The number of hydrogen-bond acceptors (Lipinski definition) is 0. The van der Waals surface area contributed by atoms with Crippen LogP contribution in [-0.4, -0.2) is 0 Å². The molecule has 0 N–H and O–H groups in total. The summed E-state index contributed by atoms with van der Waals surface area (Å²) in [5.74, 6) is 1.93. The highest BCUT2D eigenvalue weighted by molar-refractivity contribution is 4.77. The van der Waals surface area contributed by atoms with Crippen molar-refractivity contribution in [3.05, 3.63) is 0 Å². The lowest BCUT2D eigenvalue weighted by Gasteiger charge is -2.28. The Morgan fingerprint density at radius 1 is 1.14 bits per heavy atom. The van der Waals surface area contributed by atoms with Crippen LogP contribution in [0.2, 0.25) is 0 Å². The molecule has 0 spiro atoms. The predicted octanol–water partition coefficient (Wildman–Crippen LogP) is 5.03. The maximum absolute atomic E-state index is 2.47. The van der Waals surface area contributed by atoms with E-state index in [1.54, 1.807) is 0 Å². The molecule has 0 aromatic carbocycles. The predicted molar refractivity (Wildman–Crippen MR) is 64.4 cm³/mol. The van der Waals surface area contributed by atoms with Crippen LogP contribution in [0, 0.1) is 17.3 Å². The molecule has 0 heteroatoms. The van der Waals surface area contributed by atoms with Crippen LogP contribution < -0.4 is 0 Å². The second-order valence-electron chi connectivity index (χ2n) is 6.45. The van der Waals surface area contributed by atoms with E-state index in [0.717, 1.165) is 11.8 Å². The first-order valence-electron chi connectivity index (χ1n) is 6.49. The van der Waals surface area contributed by atoms with Gasteiger partial charge < -0.3 is 0 Å². The van der Waals surface area contributed by atoms with E-state index in [9.17, 15) is 0 Å². The van der Waals surface area contributed by atoms with E-state index in [1.807, 2.05) is 0 Å². The molecule has 0 amide bonds. The largest absolute Gasteiger partial charge is 0.0628 e. The Kier molecular flexibility index (Phi) is 4.47. The highest BCUT2D eigenvalue weighted by atomic mass is 14.3.